The van der Waals surface area contributed by atoms with Crippen molar-refractivity contribution in [1.29, 1.82) is 0 Å². The Kier molecular flexibility index (Phi) is 6.68. The summed E-state index contributed by atoms with van der Waals surface area (Å²) >= 11 is 0. The van der Waals surface area contributed by atoms with E-state index in [9.17, 15) is 13.2 Å². The Morgan fingerprint density at radius 1 is 0.900 bits per heavy atom. The highest BCUT2D eigenvalue weighted by Gasteiger charge is 2.32. The highest BCUT2D eigenvalue weighted by molar-refractivity contribution is 7.89. The first kappa shape index (κ1) is 21.6. The number of hydrogen-bond donors (Lipinski definition) is 0. The molecule has 4 rings (SSSR count). The topological polar surface area (TPSA) is 60.9 Å². The van der Waals surface area contributed by atoms with Gasteiger partial charge in [0.15, 0.2) is 0 Å². The Hall–Kier alpha value is -1.60. The average Bonchev–Trinajstić information content (AvgIpc) is 2.79. The number of amides is 1. The predicted octanol–water partition coefficient (Wildman–Crippen LogP) is 3.72. The van der Waals surface area contributed by atoms with Gasteiger partial charge in [0.05, 0.1) is 5.69 Å². The molecule has 1 aromatic carbocycles. The molecule has 0 aliphatic carbocycles. The third kappa shape index (κ3) is 4.52. The third-order valence-electron chi connectivity index (χ3n) is 6.78. The number of likely N-dealkylation sites (tertiary alicyclic amines) is 1. The molecule has 1 aromatic rings. The zero-order valence-electron chi connectivity index (χ0n) is 18.2. The van der Waals surface area contributed by atoms with Gasteiger partial charge in [-0.05, 0) is 69.1 Å². The van der Waals surface area contributed by atoms with Gasteiger partial charge in [0.2, 0.25) is 10.0 Å². The molecule has 0 N–H and O–H groups in total. The van der Waals surface area contributed by atoms with E-state index in [1.54, 1.807) is 10.4 Å². The first-order chi connectivity index (χ1) is 14.5. The van der Waals surface area contributed by atoms with Crippen LogP contribution in [0.5, 0.6) is 0 Å². The SMILES string of the molecule is C[C@@H]1CCCN(C(=O)c2ccc(N3CCCCC3)c(S(=O)(=O)N3CCCCC3)c2)C1. The lowest BCUT2D eigenvalue weighted by molar-refractivity contribution is 0.0683. The van der Waals surface area contributed by atoms with Gasteiger partial charge < -0.3 is 9.80 Å². The molecule has 0 radical (unpaired) electrons. The molecule has 0 aromatic heterocycles. The lowest BCUT2D eigenvalue weighted by Crippen LogP contribution is -2.40. The van der Waals surface area contributed by atoms with Gasteiger partial charge in [-0.15, -0.1) is 0 Å². The summed E-state index contributed by atoms with van der Waals surface area (Å²) in [4.78, 5) is 17.6. The summed E-state index contributed by atoms with van der Waals surface area (Å²) in [7, 11) is -3.62. The van der Waals surface area contributed by atoms with Crippen LogP contribution in [-0.2, 0) is 10.0 Å². The van der Waals surface area contributed by atoms with Crippen LogP contribution >= 0.6 is 0 Å². The quantitative estimate of drug-likeness (QED) is 0.726. The van der Waals surface area contributed by atoms with Crippen LogP contribution in [0.4, 0.5) is 5.69 Å². The fourth-order valence-corrected chi connectivity index (χ4v) is 6.81. The van der Waals surface area contributed by atoms with Crippen LogP contribution in [0.1, 0.15) is 68.6 Å². The monoisotopic (exact) mass is 433 g/mol. The fraction of sp³-hybridized carbons (Fsp3) is 0.696. The second-order valence-corrected chi connectivity index (χ2v) is 11.1. The average molecular weight is 434 g/mol. The normalized spacial score (nSPS) is 24.1. The molecule has 3 aliphatic heterocycles. The number of sulfonamides is 1. The van der Waals surface area contributed by atoms with Crippen LogP contribution in [0.2, 0.25) is 0 Å². The highest BCUT2D eigenvalue weighted by Crippen LogP contribution is 2.33. The Morgan fingerprint density at radius 3 is 2.23 bits per heavy atom. The standard InChI is InChI=1S/C23H35N3O3S/c1-19-9-8-14-25(18-19)23(27)20-10-11-21(24-12-4-2-5-13-24)22(17-20)30(28,29)26-15-6-3-7-16-26/h10-11,17,19H,2-9,12-16,18H2,1H3/t19-/m1/s1. The van der Waals surface area contributed by atoms with Crippen LogP contribution < -0.4 is 4.90 Å². The molecule has 166 valence electrons. The fourth-order valence-electron chi connectivity index (χ4n) is 5.05. The molecule has 0 bridgehead atoms. The molecule has 0 saturated carbocycles. The van der Waals surface area contributed by atoms with Crippen molar-refractivity contribution < 1.29 is 13.2 Å². The van der Waals surface area contributed by atoms with Crippen molar-refractivity contribution in [2.45, 2.75) is 63.2 Å². The van der Waals surface area contributed by atoms with Crippen LogP contribution in [0.15, 0.2) is 23.1 Å². The Balaban J connectivity index is 1.70. The Bertz CT molecular complexity index is 858. The molecular weight excluding hydrogens is 398 g/mol. The van der Waals surface area contributed by atoms with Gasteiger partial charge in [0.25, 0.3) is 5.91 Å². The van der Waals surface area contributed by atoms with Crippen LogP contribution in [0, 0.1) is 5.92 Å². The minimum Gasteiger partial charge on any atom is -0.370 e. The molecule has 7 heteroatoms. The van der Waals surface area contributed by atoms with Crippen molar-refractivity contribution in [3.63, 3.8) is 0 Å². The van der Waals surface area contributed by atoms with Crippen LogP contribution in [0.3, 0.4) is 0 Å². The van der Waals surface area contributed by atoms with Crippen molar-refractivity contribution >= 4 is 21.6 Å². The number of anilines is 1. The molecule has 0 unspecified atom stereocenters. The minimum atomic E-state index is -3.62. The molecule has 3 aliphatic rings. The second-order valence-electron chi connectivity index (χ2n) is 9.19. The lowest BCUT2D eigenvalue weighted by atomic mass is 9.99. The maximum absolute atomic E-state index is 13.6. The van der Waals surface area contributed by atoms with E-state index < -0.39 is 10.0 Å². The van der Waals surface area contributed by atoms with Crippen molar-refractivity contribution in [2.75, 3.05) is 44.2 Å². The summed E-state index contributed by atoms with van der Waals surface area (Å²) < 4.78 is 28.9. The number of nitrogens with zero attached hydrogens (tertiary/aromatic N) is 3. The van der Waals surface area contributed by atoms with Gasteiger partial charge in [-0.2, -0.15) is 4.31 Å². The second kappa shape index (κ2) is 9.27. The zero-order chi connectivity index (χ0) is 21.1. The van der Waals surface area contributed by atoms with E-state index in [1.165, 1.54) is 6.42 Å². The zero-order valence-corrected chi connectivity index (χ0v) is 19.0. The van der Waals surface area contributed by atoms with Gasteiger partial charge in [-0.25, -0.2) is 8.42 Å². The molecule has 6 nitrogen and oxygen atoms in total. The summed E-state index contributed by atoms with van der Waals surface area (Å²) in [5.74, 6) is 0.453. The number of carbonyl (C=O) groups excluding carboxylic acids is 1. The number of hydrogen-bond acceptors (Lipinski definition) is 4. The summed E-state index contributed by atoms with van der Waals surface area (Å²) in [5.41, 5.74) is 1.27. The molecule has 1 atom stereocenters. The highest BCUT2D eigenvalue weighted by atomic mass is 32.2. The largest absolute Gasteiger partial charge is 0.370 e. The van der Waals surface area contributed by atoms with Crippen molar-refractivity contribution in [1.82, 2.24) is 9.21 Å². The van der Waals surface area contributed by atoms with Gasteiger partial charge in [-0.3, -0.25) is 4.79 Å². The number of benzene rings is 1. The van der Waals surface area contributed by atoms with Crippen LogP contribution in [0.25, 0.3) is 0 Å². The van der Waals surface area contributed by atoms with Gasteiger partial charge in [0, 0.05) is 44.8 Å². The number of piperidine rings is 3. The lowest BCUT2D eigenvalue weighted by Gasteiger charge is -2.34. The molecular formula is C23H35N3O3S. The number of carbonyl (C=O) groups is 1. The van der Waals surface area contributed by atoms with Crippen LogP contribution in [-0.4, -0.2) is 62.8 Å². The Labute approximate surface area is 181 Å². The Morgan fingerprint density at radius 2 is 1.57 bits per heavy atom. The number of rotatable bonds is 4. The molecule has 3 saturated heterocycles. The summed E-state index contributed by atoms with van der Waals surface area (Å²) in [6.07, 6.45) is 8.39. The van der Waals surface area contributed by atoms with Gasteiger partial charge in [-0.1, -0.05) is 13.3 Å². The van der Waals surface area contributed by atoms with Gasteiger partial charge >= 0.3 is 0 Å². The third-order valence-corrected chi connectivity index (χ3v) is 8.71. The van der Waals surface area contributed by atoms with E-state index in [4.69, 9.17) is 0 Å². The maximum atomic E-state index is 13.6. The predicted molar refractivity (Wildman–Crippen MR) is 119 cm³/mol. The molecule has 30 heavy (non-hydrogen) atoms. The maximum Gasteiger partial charge on any atom is 0.253 e. The van der Waals surface area contributed by atoms with E-state index in [2.05, 4.69) is 11.8 Å². The molecule has 3 heterocycles. The smallest absolute Gasteiger partial charge is 0.253 e. The van der Waals surface area contributed by atoms with E-state index in [-0.39, 0.29) is 5.91 Å². The van der Waals surface area contributed by atoms with Crippen molar-refractivity contribution in [3.05, 3.63) is 23.8 Å². The summed E-state index contributed by atoms with van der Waals surface area (Å²) in [5, 5.41) is 0. The first-order valence-corrected chi connectivity index (χ1v) is 13.1. The van der Waals surface area contributed by atoms with E-state index >= 15 is 0 Å². The minimum absolute atomic E-state index is 0.0400. The molecule has 0 spiro atoms. The van der Waals surface area contributed by atoms with E-state index in [0.29, 0.717) is 29.5 Å². The van der Waals surface area contributed by atoms with E-state index in [0.717, 1.165) is 76.8 Å². The molecule has 1 amide bonds. The van der Waals surface area contributed by atoms with E-state index in [1.807, 2.05) is 17.0 Å². The van der Waals surface area contributed by atoms with Crippen molar-refractivity contribution in [3.8, 4) is 0 Å². The summed E-state index contributed by atoms with van der Waals surface area (Å²) in [6.45, 7) is 6.57. The van der Waals surface area contributed by atoms with Crippen molar-refractivity contribution in [2.24, 2.45) is 5.92 Å². The molecule has 3 fully saturated rings. The first-order valence-electron chi connectivity index (χ1n) is 11.7. The van der Waals surface area contributed by atoms with Gasteiger partial charge in [0.1, 0.15) is 4.90 Å². The summed E-state index contributed by atoms with van der Waals surface area (Å²) in [6, 6.07) is 5.37.